The van der Waals surface area contributed by atoms with Gasteiger partial charge in [0.05, 0.1) is 23.6 Å². The largest absolute Gasteiger partial charge is 0.393 e. The van der Waals surface area contributed by atoms with E-state index in [0.29, 0.717) is 33.4 Å². The summed E-state index contributed by atoms with van der Waals surface area (Å²) in [5.41, 5.74) is 0.719. The van der Waals surface area contributed by atoms with Crippen molar-refractivity contribution in [1.82, 2.24) is 9.71 Å². The minimum Gasteiger partial charge on any atom is -0.393 e. The highest BCUT2D eigenvalue weighted by Gasteiger charge is 2.39. The Kier molecular flexibility index (Phi) is 6.78. The molecule has 2 heterocycles. The number of pyridine rings is 1. The Morgan fingerprint density at radius 3 is 2.67 bits per heavy atom. The van der Waals surface area contributed by atoms with E-state index in [4.69, 9.17) is 0 Å². The number of nitrogens with one attached hydrogen (secondary N) is 1. The maximum Gasteiger partial charge on any atom is 0.215 e. The topological polar surface area (TPSA) is 99.5 Å². The van der Waals surface area contributed by atoms with Crippen LogP contribution in [0.4, 0.5) is 4.39 Å². The Bertz CT molecular complexity index is 1530. The Balaban J connectivity index is 1.65. The second kappa shape index (κ2) is 9.59. The molecule has 2 aromatic carbocycles. The number of aliphatic hydroxyl groups excluding tert-OH is 1. The van der Waals surface area contributed by atoms with Gasteiger partial charge in [0.2, 0.25) is 10.0 Å². The lowest BCUT2D eigenvalue weighted by Crippen LogP contribution is -2.32. The van der Waals surface area contributed by atoms with Crippen molar-refractivity contribution < 1.29 is 23.0 Å². The number of aliphatic hydroxyl groups is 2. The van der Waals surface area contributed by atoms with E-state index in [1.54, 1.807) is 30.5 Å². The maximum absolute atomic E-state index is 15.1. The van der Waals surface area contributed by atoms with Crippen molar-refractivity contribution in [2.75, 3.05) is 6.61 Å². The van der Waals surface area contributed by atoms with Gasteiger partial charge in [-0.2, -0.15) is 0 Å². The maximum atomic E-state index is 15.1. The summed E-state index contributed by atoms with van der Waals surface area (Å²) in [6.07, 6.45) is 2.76. The van der Waals surface area contributed by atoms with Gasteiger partial charge in [-0.1, -0.05) is 40.2 Å². The second-order valence-corrected chi connectivity index (χ2v) is 13.1. The summed E-state index contributed by atoms with van der Waals surface area (Å²) in [4.78, 5) is 5.12. The molecular weight excluding hydrogens is 567 g/mol. The smallest absolute Gasteiger partial charge is 0.215 e. The van der Waals surface area contributed by atoms with Crippen molar-refractivity contribution >= 4 is 47.4 Å². The molecule has 0 amide bonds. The number of benzene rings is 2. The lowest BCUT2D eigenvalue weighted by atomic mass is 9.96. The fourth-order valence-corrected chi connectivity index (χ4v) is 7.53. The molecule has 3 N–H and O–H groups in total. The molecule has 36 heavy (non-hydrogen) atoms. The fraction of sp³-hybridized carbons (Fsp3) is 0.269. The predicted molar refractivity (Wildman–Crippen MR) is 143 cm³/mol. The summed E-state index contributed by atoms with van der Waals surface area (Å²) in [5, 5.41) is 20.5. The summed E-state index contributed by atoms with van der Waals surface area (Å²) >= 11 is 4.77. The van der Waals surface area contributed by atoms with Gasteiger partial charge in [-0.3, -0.25) is 4.98 Å². The lowest BCUT2D eigenvalue weighted by molar-refractivity contribution is -0.00230. The van der Waals surface area contributed by atoms with Gasteiger partial charge in [0.25, 0.3) is 0 Å². The normalized spacial score (nSPS) is 16.7. The summed E-state index contributed by atoms with van der Waals surface area (Å²) < 4.78 is 45.0. The summed E-state index contributed by atoms with van der Waals surface area (Å²) in [6, 6.07) is 14.6. The number of halogens is 2. The van der Waals surface area contributed by atoms with Gasteiger partial charge in [0, 0.05) is 31.4 Å². The van der Waals surface area contributed by atoms with E-state index in [9.17, 15) is 18.6 Å². The van der Waals surface area contributed by atoms with Crippen LogP contribution in [0.2, 0.25) is 0 Å². The van der Waals surface area contributed by atoms with Gasteiger partial charge in [-0.15, -0.1) is 11.3 Å². The molecule has 2 aromatic heterocycles. The average Bonchev–Trinajstić information content (AvgIpc) is 3.63. The van der Waals surface area contributed by atoms with Gasteiger partial charge >= 0.3 is 0 Å². The first-order chi connectivity index (χ1) is 17.1. The van der Waals surface area contributed by atoms with E-state index >= 15 is 4.39 Å². The standard InChI is InChI=1S/C26H24BrFN2O4S2/c1-26(32,14-31)16-10-11-29-21(13-16)18-5-2-4-15-12-22(35-25(15)18)24(30-36(33,34)17-8-9-17)23-19(27)6-3-7-20(23)28/h2-7,10-13,17,24,30-32H,8-9,14H2,1H3/t24-,26-/m0/s1. The van der Waals surface area contributed by atoms with Crippen molar-refractivity contribution in [3.8, 4) is 11.3 Å². The van der Waals surface area contributed by atoms with Crippen LogP contribution in [-0.4, -0.2) is 35.5 Å². The minimum absolute atomic E-state index is 0.231. The van der Waals surface area contributed by atoms with Crippen LogP contribution in [0, 0.1) is 5.82 Å². The molecule has 0 saturated heterocycles. The minimum atomic E-state index is -3.64. The quantitative estimate of drug-likeness (QED) is 0.261. The third-order valence-corrected chi connectivity index (χ3v) is 10.2. The number of fused-ring (bicyclic) bond motifs is 1. The fourth-order valence-electron chi connectivity index (χ4n) is 4.12. The highest BCUT2D eigenvalue weighted by molar-refractivity contribution is 9.10. The predicted octanol–water partition coefficient (Wildman–Crippen LogP) is 5.24. The molecule has 1 fully saturated rings. The van der Waals surface area contributed by atoms with Gasteiger partial charge < -0.3 is 10.2 Å². The Labute approximate surface area is 221 Å². The van der Waals surface area contributed by atoms with Crippen molar-refractivity contribution in [3.05, 3.63) is 87.1 Å². The van der Waals surface area contributed by atoms with Crippen molar-refractivity contribution in [2.45, 2.75) is 36.7 Å². The summed E-state index contributed by atoms with van der Waals surface area (Å²) in [7, 11) is -3.64. The van der Waals surface area contributed by atoms with E-state index < -0.39 is 39.3 Å². The number of nitrogens with zero attached hydrogens (tertiary/aromatic N) is 1. The molecule has 0 unspecified atom stereocenters. The first-order valence-electron chi connectivity index (χ1n) is 11.4. The van der Waals surface area contributed by atoms with Gasteiger partial charge in [-0.25, -0.2) is 17.5 Å². The van der Waals surface area contributed by atoms with Crippen LogP contribution < -0.4 is 4.72 Å². The molecule has 0 radical (unpaired) electrons. The lowest BCUT2D eigenvalue weighted by Gasteiger charge is -2.21. The number of hydrogen-bond acceptors (Lipinski definition) is 6. The van der Waals surface area contributed by atoms with Crippen LogP contribution in [0.1, 0.15) is 41.8 Å². The van der Waals surface area contributed by atoms with E-state index in [-0.39, 0.29) is 5.56 Å². The highest BCUT2D eigenvalue weighted by Crippen LogP contribution is 2.42. The molecule has 2 atom stereocenters. The molecular formula is C26H24BrFN2O4S2. The number of sulfonamides is 1. The zero-order valence-corrected chi connectivity index (χ0v) is 22.5. The molecule has 188 valence electrons. The molecule has 0 bridgehead atoms. The first kappa shape index (κ1) is 25.4. The monoisotopic (exact) mass is 590 g/mol. The van der Waals surface area contributed by atoms with Crippen LogP contribution in [-0.2, 0) is 15.6 Å². The molecule has 10 heteroatoms. The Morgan fingerprint density at radius 1 is 1.22 bits per heavy atom. The number of aromatic nitrogens is 1. The molecule has 4 aromatic rings. The van der Waals surface area contributed by atoms with Crippen LogP contribution in [0.3, 0.4) is 0 Å². The molecule has 0 spiro atoms. The Morgan fingerprint density at radius 2 is 1.97 bits per heavy atom. The second-order valence-electron chi connectivity index (χ2n) is 9.16. The van der Waals surface area contributed by atoms with E-state index in [2.05, 4.69) is 25.6 Å². The van der Waals surface area contributed by atoms with Crippen LogP contribution >= 0.6 is 27.3 Å². The van der Waals surface area contributed by atoms with Crippen LogP contribution in [0.25, 0.3) is 21.3 Å². The summed E-state index contributed by atoms with van der Waals surface area (Å²) in [5.74, 6) is -0.508. The molecule has 5 rings (SSSR count). The number of hydrogen-bond donors (Lipinski definition) is 3. The zero-order chi connectivity index (χ0) is 25.7. The van der Waals surface area contributed by atoms with E-state index in [0.717, 1.165) is 15.6 Å². The first-order valence-corrected chi connectivity index (χ1v) is 14.5. The van der Waals surface area contributed by atoms with Crippen LogP contribution in [0.15, 0.2) is 65.3 Å². The van der Waals surface area contributed by atoms with Gasteiger partial charge in [0.15, 0.2) is 0 Å². The number of thiophene rings is 1. The van der Waals surface area contributed by atoms with Crippen LogP contribution in [0.5, 0.6) is 0 Å². The van der Waals surface area contributed by atoms with Gasteiger partial charge in [-0.05, 0) is 61.0 Å². The van der Waals surface area contributed by atoms with Gasteiger partial charge in [0.1, 0.15) is 11.4 Å². The molecule has 0 aliphatic heterocycles. The SMILES string of the molecule is C[C@](O)(CO)c1ccnc(-c2cccc3cc([C@H](NS(=O)(=O)C4CC4)c4c(F)cccc4Br)sc23)c1. The molecule has 1 saturated carbocycles. The van der Waals surface area contributed by atoms with Crippen molar-refractivity contribution in [3.63, 3.8) is 0 Å². The molecule has 1 aliphatic carbocycles. The molecule has 6 nitrogen and oxygen atoms in total. The average molecular weight is 592 g/mol. The zero-order valence-electron chi connectivity index (χ0n) is 19.3. The third-order valence-electron chi connectivity index (χ3n) is 6.35. The van der Waals surface area contributed by atoms with E-state index in [1.165, 1.54) is 24.3 Å². The summed E-state index contributed by atoms with van der Waals surface area (Å²) in [6.45, 7) is 1.09. The Hall–Kier alpha value is -2.21. The van der Waals surface area contributed by atoms with E-state index in [1.807, 2.05) is 24.3 Å². The highest BCUT2D eigenvalue weighted by atomic mass is 79.9. The number of rotatable bonds is 8. The molecule has 1 aliphatic rings. The van der Waals surface area contributed by atoms with Crippen molar-refractivity contribution in [2.24, 2.45) is 0 Å². The van der Waals surface area contributed by atoms with Crippen molar-refractivity contribution in [1.29, 1.82) is 0 Å². The third kappa shape index (κ3) is 4.85.